The summed E-state index contributed by atoms with van der Waals surface area (Å²) in [5, 5.41) is 0. The lowest BCUT2D eigenvalue weighted by molar-refractivity contribution is -0.0667. The van der Waals surface area contributed by atoms with Crippen molar-refractivity contribution in [3.05, 3.63) is 30.1 Å². The number of rotatable bonds is 2. The van der Waals surface area contributed by atoms with Crippen molar-refractivity contribution in [2.45, 2.75) is 43.9 Å². The summed E-state index contributed by atoms with van der Waals surface area (Å²) in [4.78, 5) is 4.19. The van der Waals surface area contributed by atoms with Gasteiger partial charge in [-0.1, -0.05) is 0 Å². The molecule has 4 aliphatic carbocycles. The topological polar surface area (TPSA) is 38.9 Å². The first-order valence-corrected chi connectivity index (χ1v) is 7.34. The van der Waals surface area contributed by atoms with Crippen LogP contribution in [0.5, 0.6) is 0 Å². The maximum absolute atomic E-state index is 6.15. The Morgan fingerprint density at radius 3 is 2.39 bits per heavy atom. The molecule has 2 heteroatoms. The third-order valence-corrected chi connectivity index (χ3v) is 5.91. The first kappa shape index (κ1) is 11.0. The van der Waals surface area contributed by atoms with Crippen LogP contribution in [0.2, 0.25) is 0 Å². The lowest BCUT2D eigenvalue weighted by atomic mass is 9.43. The molecule has 1 aromatic heterocycles. The monoisotopic (exact) mass is 242 g/mol. The summed E-state index contributed by atoms with van der Waals surface area (Å²) in [7, 11) is 0. The molecule has 0 saturated heterocycles. The SMILES string of the molecule is NCC12CC3CC(C1)CC(c1ccncc1)(C3)C2. The first-order chi connectivity index (χ1) is 8.74. The minimum absolute atomic E-state index is 0.437. The molecule has 1 aromatic rings. The molecule has 18 heavy (non-hydrogen) atoms. The van der Waals surface area contributed by atoms with E-state index in [4.69, 9.17) is 5.73 Å². The van der Waals surface area contributed by atoms with E-state index in [1.807, 2.05) is 12.4 Å². The zero-order chi connectivity index (χ0) is 12.2. The molecule has 0 aliphatic heterocycles. The van der Waals surface area contributed by atoms with Crippen LogP contribution in [0.1, 0.15) is 44.1 Å². The van der Waals surface area contributed by atoms with E-state index in [1.165, 1.54) is 44.1 Å². The van der Waals surface area contributed by atoms with Gasteiger partial charge in [-0.2, -0.15) is 0 Å². The van der Waals surface area contributed by atoms with Gasteiger partial charge in [-0.15, -0.1) is 0 Å². The van der Waals surface area contributed by atoms with E-state index in [9.17, 15) is 0 Å². The summed E-state index contributed by atoms with van der Waals surface area (Å²) in [6.07, 6.45) is 12.3. The standard InChI is InChI=1S/C16H22N2/c17-11-15-6-12-5-13(7-15)9-16(8-12,10-15)14-1-3-18-4-2-14/h1-4,12-13H,5-11,17H2. The average molecular weight is 242 g/mol. The van der Waals surface area contributed by atoms with Gasteiger partial charge in [0, 0.05) is 12.4 Å². The van der Waals surface area contributed by atoms with Crippen molar-refractivity contribution in [1.29, 1.82) is 0 Å². The fourth-order valence-electron chi connectivity index (χ4n) is 5.73. The molecule has 0 spiro atoms. The largest absolute Gasteiger partial charge is 0.330 e. The highest BCUT2D eigenvalue weighted by Crippen LogP contribution is 2.65. The second-order valence-corrected chi connectivity index (χ2v) is 7.18. The summed E-state index contributed by atoms with van der Waals surface area (Å²) in [6, 6.07) is 4.49. The molecule has 4 saturated carbocycles. The maximum Gasteiger partial charge on any atom is 0.0270 e. The number of hydrogen-bond acceptors (Lipinski definition) is 2. The predicted octanol–water partition coefficient (Wildman–Crippen LogP) is 2.88. The molecule has 4 fully saturated rings. The van der Waals surface area contributed by atoms with E-state index in [0.717, 1.165) is 18.4 Å². The van der Waals surface area contributed by atoms with Crippen molar-refractivity contribution < 1.29 is 0 Å². The third-order valence-electron chi connectivity index (χ3n) is 5.91. The Morgan fingerprint density at radius 2 is 1.78 bits per heavy atom. The third kappa shape index (κ3) is 1.41. The molecule has 2 N–H and O–H groups in total. The molecule has 4 bridgehead atoms. The zero-order valence-electron chi connectivity index (χ0n) is 10.9. The Hall–Kier alpha value is -0.890. The van der Waals surface area contributed by atoms with Crippen LogP contribution >= 0.6 is 0 Å². The van der Waals surface area contributed by atoms with Gasteiger partial charge in [-0.25, -0.2) is 0 Å². The Bertz CT molecular complexity index is 439. The summed E-state index contributed by atoms with van der Waals surface area (Å²) in [5.74, 6) is 1.87. The van der Waals surface area contributed by atoms with E-state index in [0.29, 0.717) is 10.8 Å². The van der Waals surface area contributed by atoms with Crippen LogP contribution in [0.3, 0.4) is 0 Å². The number of nitrogens with two attached hydrogens (primary N) is 1. The van der Waals surface area contributed by atoms with Gasteiger partial charge in [0.15, 0.2) is 0 Å². The summed E-state index contributed by atoms with van der Waals surface area (Å²) in [6.45, 7) is 0.896. The van der Waals surface area contributed by atoms with Crippen LogP contribution in [-0.4, -0.2) is 11.5 Å². The van der Waals surface area contributed by atoms with Gasteiger partial charge < -0.3 is 5.73 Å². The highest BCUT2D eigenvalue weighted by molar-refractivity contribution is 5.28. The summed E-state index contributed by atoms with van der Waals surface area (Å²) in [5.41, 5.74) is 8.59. The van der Waals surface area contributed by atoms with Gasteiger partial charge in [0.1, 0.15) is 0 Å². The van der Waals surface area contributed by atoms with Gasteiger partial charge in [-0.3, -0.25) is 4.98 Å². The van der Waals surface area contributed by atoms with Gasteiger partial charge in [0.05, 0.1) is 0 Å². The minimum atomic E-state index is 0.437. The van der Waals surface area contributed by atoms with E-state index in [-0.39, 0.29) is 0 Å². The fraction of sp³-hybridized carbons (Fsp3) is 0.688. The van der Waals surface area contributed by atoms with E-state index in [2.05, 4.69) is 17.1 Å². The van der Waals surface area contributed by atoms with Gasteiger partial charge in [0.2, 0.25) is 0 Å². The minimum Gasteiger partial charge on any atom is -0.330 e. The first-order valence-electron chi connectivity index (χ1n) is 7.34. The maximum atomic E-state index is 6.15. The van der Waals surface area contributed by atoms with Crippen LogP contribution in [-0.2, 0) is 5.41 Å². The number of nitrogens with zero attached hydrogens (tertiary/aromatic N) is 1. The molecule has 0 amide bonds. The molecule has 1 heterocycles. The quantitative estimate of drug-likeness (QED) is 0.866. The van der Waals surface area contributed by atoms with Crippen molar-refractivity contribution in [1.82, 2.24) is 4.98 Å². The molecular weight excluding hydrogens is 220 g/mol. The van der Waals surface area contributed by atoms with E-state index in [1.54, 1.807) is 0 Å². The van der Waals surface area contributed by atoms with Gasteiger partial charge in [0.25, 0.3) is 0 Å². The molecule has 4 aliphatic rings. The Morgan fingerprint density at radius 1 is 1.11 bits per heavy atom. The highest BCUT2D eigenvalue weighted by Gasteiger charge is 2.57. The van der Waals surface area contributed by atoms with Crippen molar-refractivity contribution >= 4 is 0 Å². The normalized spacial score (nSPS) is 45.4. The van der Waals surface area contributed by atoms with Crippen LogP contribution < -0.4 is 5.73 Å². The van der Waals surface area contributed by atoms with Crippen molar-refractivity contribution in [2.24, 2.45) is 23.0 Å². The van der Waals surface area contributed by atoms with Crippen molar-refractivity contribution in [2.75, 3.05) is 6.54 Å². The van der Waals surface area contributed by atoms with Crippen LogP contribution in [0.15, 0.2) is 24.5 Å². The van der Waals surface area contributed by atoms with Gasteiger partial charge in [-0.05, 0) is 85.4 Å². The Kier molecular flexibility index (Phi) is 2.18. The molecule has 0 radical (unpaired) electrons. The molecule has 96 valence electrons. The Labute approximate surface area is 109 Å². The molecule has 2 unspecified atom stereocenters. The smallest absolute Gasteiger partial charge is 0.0270 e. The molecule has 5 rings (SSSR count). The van der Waals surface area contributed by atoms with Crippen LogP contribution in [0.4, 0.5) is 0 Å². The van der Waals surface area contributed by atoms with Crippen LogP contribution in [0.25, 0.3) is 0 Å². The van der Waals surface area contributed by atoms with Crippen molar-refractivity contribution in [3.8, 4) is 0 Å². The van der Waals surface area contributed by atoms with E-state index >= 15 is 0 Å². The average Bonchev–Trinajstić information content (AvgIpc) is 2.38. The highest BCUT2D eigenvalue weighted by atomic mass is 14.7. The van der Waals surface area contributed by atoms with Crippen LogP contribution in [0, 0.1) is 17.3 Å². The second-order valence-electron chi connectivity index (χ2n) is 7.18. The molecule has 2 atom stereocenters. The van der Waals surface area contributed by atoms with Gasteiger partial charge >= 0.3 is 0 Å². The lowest BCUT2D eigenvalue weighted by Crippen LogP contribution is -2.56. The fourth-order valence-corrected chi connectivity index (χ4v) is 5.73. The number of pyridine rings is 1. The lowest BCUT2D eigenvalue weighted by Gasteiger charge is -2.62. The summed E-state index contributed by atoms with van der Waals surface area (Å²) >= 11 is 0. The van der Waals surface area contributed by atoms with Crippen molar-refractivity contribution in [3.63, 3.8) is 0 Å². The number of aromatic nitrogens is 1. The predicted molar refractivity (Wildman–Crippen MR) is 72.1 cm³/mol. The number of hydrogen-bond donors (Lipinski definition) is 1. The molecular formula is C16H22N2. The molecule has 2 nitrogen and oxygen atoms in total. The molecule has 0 aromatic carbocycles. The van der Waals surface area contributed by atoms with E-state index < -0.39 is 0 Å². The Balaban J connectivity index is 1.78. The zero-order valence-corrected chi connectivity index (χ0v) is 10.9. The second kappa shape index (κ2) is 3.57. The summed E-state index contributed by atoms with van der Waals surface area (Å²) < 4.78 is 0.